The van der Waals surface area contributed by atoms with Crippen molar-refractivity contribution >= 4 is 23.1 Å². The second-order valence-corrected chi connectivity index (χ2v) is 6.75. The number of hydrogen-bond acceptors (Lipinski definition) is 5. The first-order valence-electron chi connectivity index (χ1n) is 7.26. The van der Waals surface area contributed by atoms with E-state index in [1.165, 1.54) is 11.3 Å². The molecule has 2 aromatic heterocycles. The number of aromatic nitrogens is 2. The topological polar surface area (TPSA) is 58.1 Å². The summed E-state index contributed by atoms with van der Waals surface area (Å²) in [5.41, 5.74) is 1.83. The smallest absolute Gasteiger partial charge is 0.263 e. The van der Waals surface area contributed by atoms with E-state index in [-0.39, 0.29) is 5.91 Å². The summed E-state index contributed by atoms with van der Waals surface area (Å²) in [5, 5.41) is 3.96. The normalized spacial score (nSPS) is 10.8. The molecule has 22 heavy (non-hydrogen) atoms. The van der Waals surface area contributed by atoms with Crippen molar-refractivity contribution in [2.24, 2.45) is 0 Å². The molecule has 0 aliphatic rings. The molecular formula is C16H22N4OS. The van der Waals surface area contributed by atoms with Crippen molar-refractivity contribution in [3.63, 3.8) is 0 Å². The van der Waals surface area contributed by atoms with Gasteiger partial charge in [-0.05, 0) is 24.6 Å². The Morgan fingerprint density at radius 2 is 2.14 bits per heavy atom. The number of nitrogens with one attached hydrogen (secondary N) is 1. The molecular weight excluding hydrogens is 296 g/mol. The summed E-state index contributed by atoms with van der Waals surface area (Å²) < 4.78 is 0. The largest absolute Gasteiger partial charge is 0.363 e. The van der Waals surface area contributed by atoms with Crippen molar-refractivity contribution in [3.8, 4) is 0 Å². The first-order chi connectivity index (χ1) is 10.4. The van der Waals surface area contributed by atoms with Crippen LogP contribution in [0.15, 0.2) is 18.3 Å². The monoisotopic (exact) mass is 318 g/mol. The third-order valence-corrected chi connectivity index (χ3v) is 4.69. The van der Waals surface area contributed by atoms with Gasteiger partial charge < -0.3 is 10.2 Å². The van der Waals surface area contributed by atoms with Crippen molar-refractivity contribution in [1.82, 2.24) is 15.3 Å². The highest BCUT2D eigenvalue weighted by atomic mass is 32.1. The molecule has 2 aromatic rings. The maximum Gasteiger partial charge on any atom is 0.263 e. The fourth-order valence-corrected chi connectivity index (χ4v) is 2.94. The van der Waals surface area contributed by atoms with E-state index in [1.807, 2.05) is 38.1 Å². The Morgan fingerprint density at radius 1 is 1.41 bits per heavy atom. The minimum atomic E-state index is -0.0647. The number of carbonyl (C=O) groups is 1. The van der Waals surface area contributed by atoms with Gasteiger partial charge in [0.2, 0.25) is 0 Å². The van der Waals surface area contributed by atoms with E-state index in [9.17, 15) is 4.79 Å². The highest BCUT2D eigenvalue weighted by Gasteiger charge is 2.16. The zero-order chi connectivity index (χ0) is 16.3. The van der Waals surface area contributed by atoms with Crippen LogP contribution in [0.2, 0.25) is 0 Å². The lowest BCUT2D eigenvalue weighted by Gasteiger charge is -2.12. The van der Waals surface area contributed by atoms with Crippen molar-refractivity contribution in [2.45, 2.75) is 33.2 Å². The Hall–Kier alpha value is -1.95. The molecule has 0 aliphatic carbocycles. The molecule has 0 spiro atoms. The summed E-state index contributed by atoms with van der Waals surface area (Å²) in [6, 6.07) is 3.88. The molecule has 2 heterocycles. The first-order valence-corrected chi connectivity index (χ1v) is 8.08. The predicted octanol–water partition coefficient (Wildman–Crippen LogP) is 2.97. The molecule has 1 N–H and O–H groups in total. The van der Waals surface area contributed by atoms with Crippen LogP contribution in [-0.4, -0.2) is 30.0 Å². The van der Waals surface area contributed by atoms with Gasteiger partial charge in [0.05, 0.1) is 10.7 Å². The van der Waals surface area contributed by atoms with Crippen molar-refractivity contribution < 1.29 is 4.79 Å². The van der Waals surface area contributed by atoms with E-state index in [1.54, 1.807) is 6.20 Å². The number of pyridine rings is 1. The summed E-state index contributed by atoms with van der Waals surface area (Å²) >= 11 is 1.48. The molecule has 0 unspecified atom stereocenters. The maximum atomic E-state index is 12.3. The maximum absolute atomic E-state index is 12.3. The Kier molecular flexibility index (Phi) is 5.13. The molecule has 6 heteroatoms. The molecule has 0 bridgehead atoms. The average molecular weight is 318 g/mol. The van der Waals surface area contributed by atoms with Gasteiger partial charge in [0.25, 0.3) is 5.91 Å². The highest BCUT2D eigenvalue weighted by Crippen LogP contribution is 2.24. The lowest BCUT2D eigenvalue weighted by Crippen LogP contribution is -2.23. The number of rotatable bonds is 5. The lowest BCUT2D eigenvalue weighted by molar-refractivity contribution is 0.0954. The van der Waals surface area contributed by atoms with Crippen LogP contribution in [0, 0.1) is 6.92 Å². The van der Waals surface area contributed by atoms with E-state index < -0.39 is 0 Å². The van der Waals surface area contributed by atoms with E-state index >= 15 is 0 Å². The number of hydrogen-bond donors (Lipinski definition) is 1. The van der Waals surface area contributed by atoms with E-state index in [2.05, 4.69) is 29.1 Å². The number of nitrogens with zero attached hydrogens (tertiary/aromatic N) is 3. The van der Waals surface area contributed by atoms with Crippen LogP contribution >= 0.6 is 11.3 Å². The first kappa shape index (κ1) is 16.4. The summed E-state index contributed by atoms with van der Waals surface area (Å²) in [6.45, 7) is 6.53. The van der Waals surface area contributed by atoms with Crippen LogP contribution in [0.4, 0.5) is 5.82 Å². The zero-order valence-electron chi connectivity index (χ0n) is 13.7. The second kappa shape index (κ2) is 6.87. The van der Waals surface area contributed by atoms with E-state index in [0.717, 1.165) is 22.1 Å². The fraction of sp³-hybridized carbons (Fsp3) is 0.438. The Bertz CT molecular complexity index is 664. The van der Waals surface area contributed by atoms with Gasteiger partial charge in [-0.25, -0.2) is 9.97 Å². The van der Waals surface area contributed by atoms with Gasteiger partial charge in [-0.15, -0.1) is 11.3 Å². The molecule has 1 amide bonds. The summed E-state index contributed by atoms with van der Waals surface area (Å²) in [4.78, 5) is 23.7. The van der Waals surface area contributed by atoms with Crippen LogP contribution in [-0.2, 0) is 6.54 Å². The van der Waals surface area contributed by atoms with Gasteiger partial charge in [-0.1, -0.05) is 13.8 Å². The number of aryl methyl sites for hydroxylation is 1. The van der Waals surface area contributed by atoms with E-state index in [4.69, 9.17) is 0 Å². The molecule has 118 valence electrons. The Balaban J connectivity index is 2.05. The van der Waals surface area contributed by atoms with Crippen LogP contribution in [0.5, 0.6) is 0 Å². The van der Waals surface area contributed by atoms with Crippen LogP contribution in [0.25, 0.3) is 0 Å². The summed E-state index contributed by atoms with van der Waals surface area (Å²) in [7, 11) is 3.89. The molecule has 5 nitrogen and oxygen atoms in total. The molecule has 0 aliphatic heterocycles. The predicted molar refractivity (Wildman–Crippen MR) is 90.7 cm³/mol. The Labute approximate surface area is 135 Å². The lowest BCUT2D eigenvalue weighted by atomic mass is 10.2. The molecule has 0 atom stereocenters. The van der Waals surface area contributed by atoms with Gasteiger partial charge in [0.1, 0.15) is 10.7 Å². The fourth-order valence-electron chi connectivity index (χ4n) is 1.95. The number of anilines is 1. The minimum Gasteiger partial charge on any atom is -0.363 e. The van der Waals surface area contributed by atoms with Crippen LogP contribution in [0.3, 0.4) is 0 Å². The Morgan fingerprint density at radius 3 is 2.73 bits per heavy atom. The third kappa shape index (κ3) is 3.82. The minimum absolute atomic E-state index is 0.0647. The quantitative estimate of drug-likeness (QED) is 0.921. The molecule has 0 aromatic carbocycles. The van der Waals surface area contributed by atoms with Gasteiger partial charge in [-0.3, -0.25) is 4.79 Å². The molecule has 0 saturated carbocycles. The third-order valence-electron chi connectivity index (χ3n) is 3.23. The zero-order valence-corrected chi connectivity index (χ0v) is 14.5. The SMILES string of the molecule is Cc1nc(C(C)C)sc1C(=O)NCc1ccnc(N(C)C)c1. The van der Waals surface area contributed by atoms with Gasteiger partial charge in [0.15, 0.2) is 0 Å². The van der Waals surface area contributed by atoms with E-state index in [0.29, 0.717) is 17.3 Å². The average Bonchev–Trinajstić information content (AvgIpc) is 2.87. The molecule has 0 fully saturated rings. The van der Waals surface area contributed by atoms with Crippen molar-refractivity contribution in [1.29, 1.82) is 0 Å². The molecule has 2 rings (SSSR count). The van der Waals surface area contributed by atoms with Crippen LogP contribution in [0.1, 0.15) is 45.7 Å². The summed E-state index contributed by atoms with van der Waals surface area (Å²) in [6.07, 6.45) is 1.76. The van der Waals surface area contributed by atoms with Gasteiger partial charge in [-0.2, -0.15) is 0 Å². The van der Waals surface area contributed by atoms with Crippen LogP contribution < -0.4 is 10.2 Å². The number of thiazole rings is 1. The second-order valence-electron chi connectivity index (χ2n) is 5.72. The number of amides is 1. The van der Waals surface area contributed by atoms with Crippen molar-refractivity contribution in [3.05, 3.63) is 39.5 Å². The van der Waals surface area contributed by atoms with Crippen molar-refractivity contribution in [2.75, 3.05) is 19.0 Å². The molecule has 0 radical (unpaired) electrons. The summed E-state index contributed by atoms with van der Waals surface area (Å²) in [5.74, 6) is 1.15. The van der Waals surface area contributed by atoms with Gasteiger partial charge >= 0.3 is 0 Å². The van der Waals surface area contributed by atoms with Gasteiger partial charge in [0, 0.05) is 32.8 Å². The highest BCUT2D eigenvalue weighted by molar-refractivity contribution is 7.13. The number of carbonyl (C=O) groups excluding carboxylic acids is 1. The molecule has 0 saturated heterocycles. The standard InChI is InChI=1S/C16H22N4OS/c1-10(2)16-19-11(3)14(22-16)15(21)18-9-12-6-7-17-13(8-12)20(4)5/h6-8,10H,9H2,1-5H3,(H,18,21).